The number of anilines is 2. The van der Waals surface area contributed by atoms with Gasteiger partial charge >= 0.3 is 5.69 Å². The van der Waals surface area contributed by atoms with Gasteiger partial charge < -0.3 is 10.1 Å². The molecule has 1 saturated carbocycles. The quantitative estimate of drug-likeness (QED) is 0.427. The van der Waals surface area contributed by atoms with E-state index in [1.165, 1.54) is 46.1 Å². The average molecular weight is 527 g/mol. The number of halogens is 2. The first kappa shape index (κ1) is 22.1. The third-order valence-corrected chi connectivity index (χ3v) is 6.37. The van der Waals surface area contributed by atoms with Crippen LogP contribution in [0.25, 0.3) is 16.7 Å². The van der Waals surface area contributed by atoms with Gasteiger partial charge in [0, 0.05) is 29.7 Å². The first-order valence-electron chi connectivity index (χ1n) is 10.6. The van der Waals surface area contributed by atoms with Gasteiger partial charge in [0.25, 0.3) is 11.1 Å². The Morgan fingerprint density at radius 2 is 1.82 bits per heavy atom. The summed E-state index contributed by atoms with van der Waals surface area (Å²) in [6, 6.07) is 12.2. The second-order valence-corrected chi connectivity index (χ2v) is 9.04. The van der Waals surface area contributed by atoms with Gasteiger partial charge in [-0.05, 0) is 43.2 Å². The summed E-state index contributed by atoms with van der Waals surface area (Å²) in [7, 11) is 3.00. The minimum atomic E-state index is -0.563. The number of methoxy groups -OCH3 is 1. The molecule has 2 aromatic heterocycles. The zero-order valence-electron chi connectivity index (χ0n) is 18.3. The highest BCUT2D eigenvalue weighted by Crippen LogP contribution is 2.34. The van der Waals surface area contributed by atoms with E-state index in [4.69, 9.17) is 4.74 Å². The van der Waals surface area contributed by atoms with E-state index in [2.05, 4.69) is 21.2 Å². The van der Waals surface area contributed by atoms with Crippen LogP contribution in [0.15, 0.2) is 67.4 Å². The third-order valence-electron chi connectivity index (χ3n) is 5.87. The minimum absolute atomic E-state index is 0.0919. The SMILES string of the molecule is COc1cccc(-n2c(=O)n(C3CC3)c(=O)c3c(Nc4ccc(Br)cc4F)cc(=O)n(C)c32)c1. The van der Waals surface area contributed by atoms with Gasteiger partial charge in [-0.3, -0.25) is 18.7 Å². The lowest BCUT2D eigenvalue weighted by Gasteiger charge is -2.19. The molecule has 1 fully saturated rings. The van der Waals surface area contributed by atoms with Crippen molar-refractivity contribution in [2.24, 2.45) is 7.05 Å². The highest BCUT2D eigenvalue weighted by molar-refractivity contribution is 9.10. The van der Waals surface area contributed by atoms with Crippen LogP contribution in [0.3, 0.4) is 0 Å². The Labute approximate surface area is 201 Å². The van der Waals surface area contributed by atoms with Gasteiger partial charge in [-0.25, -0.2) is 13.8 Å². The smallest absolute Gasteiger partial charge is 0.337 e. The van der Waals surface area contributed by atoms with Crippen molar-refractivity contribution < 1.29 is 9.13 Å². The lowest BCUT2D eigenvalue weighted by molar-refractivity contribution is 0.414. The van der Waals surface area contributed by atoms with E-state index in [1.54, 1.807) is 30.3 Å². The third kappa shape index (κ3) is 3.63. The number of aromatic nitrogens is 3. The van der Waals surface area contributed by atoms with Crippen LogP contribution in [0.1, 0.15) is 18.9 Å². The molecule has 0 aliphatic heterocycles. The van der Waals surface area contributed by atoms with Gasteiger partial charge in [0.1, 0.15) is 22.6 Å². The van der Waals surface area contributed by atoms with E-state index in [9.17, 15) is 18.8 Å². The van der Waals surface area contributed by atoms with Gasteiger partial charge in [0.2, 0.25) is 0 Å². The molecule has 0 amide bonds. The molecule has 8 nitrogen and oxygen atoms in total. The fourth-order valence-corrected chi connectivity index (χ4v) is 4.37. The predicted molar refractivity (Wildman–Crippen MR) is 131 cm³/mol. The summed E-state index contributed by atoms with van der Waals surface area (Å²) < 4.78 is 24.3. The molecular weight excluding hydrogens is 507 g/mol. The number of pyridine rings is 1. The summed E-state index contributed by atoms with van der Waals surface area (Å²) in [6.07, 6.45) is 1.41. The number of aryl methyl sites for hydroxylation is 1. The number of hydrogen-bond acceptors (Lipinski definition) is 5. The van der Waals surface area contributed by atoms with E-state index < -0.39 is 22.6 Å². The Bertz CT molecular complexity index is 1640. The standard InChI is InChI=1S/C24H20BrFN4O4/c1-28-20(31)12-19(27-18-9-6-13(25)10-17(18)26)21-22(28)29(15-4-3-5-16(11-15)34-2)24(33)30(23(21)32)14-7-8-14/h3-6,9-12,14,27H,7-8H2,1-2H3. The van der Waals surface area contributed by atoms with Gasteiger partial charge in [-0.1, -0.05) is 22.0 Å². The van der Waals surface area contributed by atoms with Crippen molar-refractivity contribution in [3.63, 3.8) is 0 Å². The van der Waals surface area contributed by atoms with E-state index in [0.29, 0.717) is 28.8 Å². The lowest BCUT2D eigenvalue weighted by atomic mass is 10.2. The lowest BCUT2D eigenvalue weighted by Crippen LogP contribution is -2.41. The zero-order chi connectivity index (χ0) is 24.1. The van der Waals surface area contributed by atoms with Crippen molar-refractivity contribution in [1.29, 1.82) is 0 Å². The van der Waals surface area contributed by atoms with Gasteiger partial charge in [-0.2, -0.15) is 0 Å². The number of fused-ring (bicyclic) bond motifs is 1. The Balaban J connectivity index is 1.90. The normalized spacial score (nSPS) is 13.3. The van der Waals surface area contributed by atoms with Crippen LogP contribution < -0.4 is 26.9 Å². The van der Waals surface area contributed by atoms with Gasteiger partial charge in [0.15, 0.2) is 0 Å². The molecule has 2 aromatic carbocycles. The first-order chi connectivity index (χ1) is 16.3. The van der Waals surface area contributed by atoms with Crippen molar-refractivity contribution in [3.05, 3.63) is 90.0 Å². The number of ether oxygens (including phenoxy) is 1. The summed E-state index contributed by atoms with van der Waals surface area (Å²) in [4.78, 5) is 40.1. The Morgan fingerprint density at radius 3 is 2.50 bits per heavy atom. The second-order valence-electron chi connectivity index (χ2n) is 8.13. The number of benzene rings is 2. The number of nitrogens with zero attached hydrogens (tertiary/aromatic N) is 3. The molecule has 2 heterocycles. The maximum atomic E-state index is 14.6. The summed E-state index contributed by atoms with van der Waals surface area (Å²) in [5.74, 6) is -0.0511. The van der Waals surface area contributed by atoms with Crippen LogP contribution >= 0.6 is 15.9 Å². The molecule has 0 unspecified atom stereocenters. The monoisotopic (exact) mass is 526 g/mol. The maximum absolute atomic E-state index is 14.6. The molecular formula is C24H20BrFN4O4. The highest BCUT2D eigenvalue weighted by Gasteiger charge is 2.31. The number of nitrogens with one attached hydrogen (secondary N) is 1. The van der Waals surface area contributed by atoms with Gasteiger partial charge in [0.05, 0.1) is 24.2 Å². The van der Waals surface area contributed by atoms with Crippen molar-refractivity contribution in [2.45, 2.75) is 18.9 Å². The molecule has 1 N–H and O–H groups in total. The van der Waals surface area contributed by atoms with E-state index in [0.717, 1.165) is 0 Å². The topological polar surface area (TPSA) is 87.3 Å². The second kappa shape index (κ2) is 8.28. The molecule has 34 heavy (non-hydrogen) atoms. The summed E-state index contributed by atoms with van der Waals surface area (Å²) in [5, 5.41) is 3.01. The summed E-state index contributed by atoms with van der Waals surface area (Å²) in [5.41, 5.74) is -0.789. The molecule has 5 rings (SSSR count). The van der Waals surface area contributed by atoms with Crippen LogP contribution in [0, 0.1) is 5.82 Å². The highest BCUT2D eigenvalue weighted by atomic mass is 79.9. The molecule has 4 aromatic rings. The van der Waals surface area contributed by atoms with Crippen molar-refractivity contribution in [3.8, 4) is 11.4 Å². The molecule has 0 bridgehead atoms. The molecule has 0 spiro atoms. The molecule has 174 valence electrons. The van der Waals surface area contributed by atoms with E-state index >= 15 is 0 Å². The molecule has 10 heteroatoms. The van der Waals surface area contributed by atoms with Crippen LogP contribution in [0.5, 0.6) is 5.75 Å². The Hall–Kier alpha value is -3.66. The number of hydrogen-bond donors (Lipinski definition) is 1. The fraction of sp³-hybridized carbons (Fsp3) is 0.208. The van der Waals surface area contributed by atoms with Gasteiger partial charge in [-0.15, -0.1) is 0 Å². The maximum Gasteiger partial charge on any atom is 0.337 e. The van der Waals surface area contributed by atoms with E-state index in [-0.39, 0.29) is 28.5 Å². The average Bonchev–Trinajstić information content (AvgIpc) is 3.64. The number of rotatable bonds is 5. The summed E-state index contributed by atoms with van der Waals surface area (Å²) in [6.45, 7) is 0. The first-order valence-corrected chi connectivity index (χ1v) is 11.4. The Kier molecular flexibility index (Phi) is 5.40. The predicted octanol–water partition coefficient (Wildman–Crippen LogP) is 3.84. The molecule has 0 atom stereocenters. The molecule has 1 aliphatic carbocycles. The fourth-order valence-electron chi connectivity index (χ4n) is 4.03. The van der Waals surface area contributed by atoms with Crippen LogP contribution in [0.2, 0.25) is 0 Å². The largest absolute Gasteiger partial charge is 0.497 e. The van der Waals surface area contributed by atoms with Crippen LogP contribution in [-0.2, 0) is 7.05 Å². The molecule has 1 aliphatic rings. The Morgan fingerprint density at radius 1 is 1.06 bits per heavy atom. The molecule has 0 saturated heterocycles. The summed E-state index contributed by atoms with van der Waals surface area (Å²) >= 11 is 3.22. The minimum Gasteiger partial charge on any atom is -0.497 e. The van der Waals surface area contributed by atoms with Crippen molar-refractivity contribution >= 4 is 38.3 Å². The zero-order valence-corrected chi connectivity index (χ0v) is 19.9. The molecule has 0 radical (unpaired) electrons. The van der Waals surface area contributed by atoms with Crippen molar-refractivity contribution in [2.75, 3.05) is 12.4 Å². The van der Waals surface area contributed by atoms with Crippen LogP contribution in [0.4, 0.5) is 15.8 Å². The van der Waals surface area contributed by atoms with Crippen molar-refractivity contribution in [1.82, 2.24) is 13.7 Å². The van der Waals surface area contributed by atoms with Crippen LogP contribution in [-0.4, -0.2) is 20.8 Å². The van der Waals surface area contributed by atoms with E-state index in [1.807, 2.05) is 0 Å².